The van der Waals surface area contributed by atoms with E-state index in [-0.39, 0.29) is 0 Å². The Morgan fingerprint density at radius 2 is 1.94 bits per heavy atom. The molecule has 0 fully saturated rings. The van der Waals surface area contributed by atoms with E-state index in [4.69, 9.17) is 0 Å². The van der Waals surface area contributed by atoms with Crippen molar-refractivity contribution in [1.82, 2.24) is 29.5 Å². The third kappa shape index (κ3) is 3.51. The van der Waals surface area contributed by atoms with Gasteiger partial charge in [0.2, 0.25) is 11.9 Å². The largest absolute Gasteiger partial charge is 0.323 e. The van der Waals surface area contributed by atoms with E-state index in [0.717, 1.165) is 18.6 Å². The van der Waals surface area contributed by atoms with Crippen LogP contribution in [0.3, 0.4) is 0 Å². The number of nitrogens with one attached hydrogen (secondary N) is 1. The summed E-state index contributed by atoms with van der Waals surface area (Å²) >= 11 is 0. The van der Waals surface area contributed by atoms with Crippen molar-refractivity contribution in [3.8, 4) is 11.8 Å². The first-order valence-corrected chi connectivity index (χ1v) is 9.89. The number of hydrogen-bond acceptors (Lipinski definition) is 7. The molecule has 4 aromatic rings. The number of rotatable bonds is 4. The fourth-order valence-corrected chi connectivity index (χ4v) is 3.61. The maximum absolute atomic E-state index is 13.7. The second kappa shape index (κ2) is 7.73. The summed E-state index contributed by atoms with van der Waals surface area (Å²) in [4.78, 5) is 10.4. The van der Waals surface area contributed by atoms with E-state index in [9.17, 15) is 14.0 Å². The molecular weight excluding hydrogens is 416 g/mol. The third-order valence-electron chi connectivity index (χ3n) is 5.09. The second-order valence-corrected chi connectivity index (χ2v) is 7.27. The standard InChI is InChI=1S/C21H17F2N9/c1-13-25-12-32(28-13)19-6-3-15(9-14(19)11-24)26-20-27-21-30(7-2-8-31(21)29-20)16-4-5-17(22)18(23)10-16/h3-6,9-10,12H,2,7-8H2,1H3,(H,26,29). The summed E-state index contributed by atoms with van der Waals surface area (Å²) in [5, 5.41) is 21.4. The number of halogens is 2. The van der Waals surface area contributed by atoms with E-state index in [1.165, 1.54) is 6.07 Å². The molecule has 0 spiro atoms. The van der Waals surface area contributed by atoms with E-state index >= 15 is 0 Å². The van der Waals surface area contributed by atoms with Gasteiger partial charge in [-0.05, 0) is 43.7 Å². The Balaban J connectivity index is 1.43. The Labute approximate surface area is 181 Å². The summed E-state index contributed by atoms with van der Waals surface area (Å²) in [6.45, 7) is 3.03. The first-order chi connectivity index (χ1) is 15.5. The lowest BCUT2D eigenvalue weighted by Gasteiger charge is -2.27. The van der Waals surface area contributed by atoms with Gasteiger partial charge in [-0.1, -0.05) is 0 Å². The van der Waals surface area contributed by atoms with Gasteiger partial charge in [-0.2, -0.15) is 15.3 Å². The molecule has 0 saturated carbocycles. The zero-order valence-electron chi connectivity index (χ0n) is 17.0. The molecule has 0 radical (unpaired) electrons. The quantitative estimate of drug-likeness (QED) is 0.525. The van der Waals surface area contributed by atoms with Crippen LogP contribution in [0.4, 0.5) is 32.1 Å². The lowest BCUT2D eigenvalue weighted by Crippen LogP contribution is -2.28. The van der Waals surface area contributed by atoms with Gasteiger partial charge >= 0.3 is 0 Å². The molecule has 1 aliphatic heterocycles. The molecule has 0 aliphatic carbocycles. The molecule has 3 heterocycles. The zero-order valence-corrected chi connectivity index (χ0v) is 17.0. The number of anilines is 4. The SMILES string of the molecule is Cc1ncn(-c2ccc(Nc3nc4n(n3)CCCN4c3ccc(F)c(F)c3)cc2C#N)n1. The molecular formula is C21H17F2N9. The zero-order chi connectivity index (χ0) is 22.2. The van der Waals surface area contributed by atoms with Crippen LogP contribution >= 0.6 is 0 Å². The van der Waals surface area contributed by atoms with Crippen molar-refractivity contribution in [1.29, 1.82) is 5.26 Å². The van der Waals surface area contributed by atoms with Gasteiger partial charge in [0.05, 0.1) is 11.3 Å². The monoisotopic (exact) mass is 433 g/mol. The van der Waals surface area contributed by atoms with Gasteiger partial charge in [-0.25, -0.2) is 23.1 Å². The molecule has 1 aliphatic rings. The predicted molar refractivity (Wildman–Crippen MR) is 112 cm³/mol. The van der Waals surface area contributed by atoms with Gasteiger partial charge in [0, 0.05) is 30.5 Å². The molecule has 0 atom stereocenters. The van der Waals surface area contributed by atoms with Crippen LogP contribution in [0.5, 0.6) is 0 Å². The number of fused-ring (bicyclic) bond motifs is 1. The van der Waals surface area contributed by atoms with Gasteiger partial charge in [-0.15, -0.1) is 5.10 Å². The minimum atomic E-state index is -0.913. The van der Waals surface area contributed by atoms with E-state index in [1.54, 1.807) is 45.7 Å². The van der Waals surface area contributed by atoms with Crippen molar-refractivity contribution in [2.75, 3.05) is 16.8 Å². The lowest BCUT2D eigenvalue weighted by atomic mass is 10.1. The minimum Gasteiger partial charge on any atom is -0.323 e. The first kappa shape index (κ1) is 19.6. The Kier molecular flexibility index (Phi) is 4.74. The molecule has 1 N–H and O–H groups in total. The van der Waals surface area contributed by atoms with E-state index in [0.29, 0.717) is 53.4 Å². The van der Waals surface area contributed by atoms with Gasteiger partial charge in [0.15, 0.2) is 11.6 Å². The molecule has 2 aromatic heterocycles. The summed E-state index contributed by atoms with van der Waals surface area (Å²) in [5.41, 5.74) is 2.15. The summed E-state index contributed by atoms with van der Waals surface area (Å²) in [6.07, 6.45) is 2.33. The molecule has 11 heteroatoms. The highest BCUT2D eigenvalue weighted by Crippen LogP contribution is 2.30. The average molecular weight is 433 g/mol. The average Bonchev–Trinajstić information content (AvgIpc) is 3.41. The van der Waals surface area contributed by atoms with Crippen molar-refractivity contribution < 1.29 is 8.78 Å². The third-order valence-corrected chi connectivity index (χ3v) is 5.09. The summed E-state index contributed by atoms with van der Waals surface area (Å²) in [7, 11) is 0. The molecule has 0 unspecified atom stereocenters. The molecule has 0 amide bonds. The van der Waals surface area contributed by atoms with Crippen LogP contribution in [0.25, 0.3) is 5.69 Å². The fourth-order valence-electron chi connectivity index (χ4n) is 3.61. The number of benzene rings is 2. The fraction of sp³-hybridized carbons (Fsp3) is 0.190. The topological polar surface area (TPSA) is 100 Å². The molecule has 160 valence electrons. The van der Waals surface area contributed by atoms with Crippen LogP contribution in [0, 0.1) is 29.9 Å². The van der Waals surface area contributed by atoms with Gasteiger partial charge < -0.3 is 10.2 Å². The Morgan fingerprint density at radius 1 is 1.06 bits per heavy atom. The van der Waals surface area contributed by atoms with Crippen LogP contribution < -0.4 is 10.2 Å². The van der Waals surface area contributed by atoms with Crippen LogP contribution in [0.1, 0.15) is 17.8 Å². The molecule has 0 bridgehead atoms. The lowest BCUT2D eigenvalue weighted by molar-refractivity contribution is 0.506. The Hall–Kier alpha value is -4.33. The molecule has 32 heavy (non-hydrogen) atoms. The number of aromatic nitrogens is 6. The number of hydrogen-bond donors (Lipinski definition) is 1. The maximum Gasteiger partial charge on any atom is 0.248 e. The Morgan fingerprint density at radius 3 is 2.69 bits per heavy atom. The summed E-state index contributed by atoms with van der Waals surface area (Å²) in [5.74, 6) is -0.339. The van der Waals surface area contributed by atoms with E-state index < -0.39 is 11.6 Å². The number of aryl methyl sites for hydroxylation is 2. The van der Waals surface area contributed by atoms with Crippen molar-refractivity contribution in [3.63, 3.8) is 0 Å². The van der Waals surface area contributed by atoms with Crippen LogP contribution in [-0.2, 0) is 6.54 Å². The van der Waals surface area contributed by atoms with Crippen LogP contribution in [-0.4, -0.2) is 36.1 Å². The van der Waals surface area contributed by atoms with Crippen molar-refractivity contribution >= 4 is 23.3 Å². The van der Waals surface area contributed by atoms with Gasteiger partial charge in [0.25, 0.3) is 0 Å². The molecule has 5 rings (SSSR count). The molecule has 2 aromatic carbocycles. The highest BCUT2D eigenvalue weighted by molar-refractivity contribution is 5.64. The molecule has 9 nitrogen and oxygen atoms in total. The van der Waals surface area contributed by atoms with Crippen molar-refractivity contribution in [3.05, 3.63) is 65.7 Å². The minimum absolute atomic E-state index is 0.336. The van der Waals surface area contributed by atoms with Crippen LogP contribution in [0.15, 0.2) is 42.7 Å². The predicted octanol–water partition coefficient (Wildman–Crippen LogP) is 3.60. The van der Waals surface area contributed by atoms with Crippen LogP contribution in [0.2, 0.25) is 0 Å². The smallest absolute Gasteiger partial charge is 0.248 e. The van der Waals surface area contributed by atoms with E-state index in [1.807, 2.05) is 0 Å². The number of nitriles is 1. The van der Waals surface area contributed by atoms with Crippen molar-refractivity contribution in [2.45, 2.75) is 19.9 Å². The first-order valence-electron chi connectivity index (χ1n) is 9.89. The highest BCUT2D eigenvalue weighted by atomic mass is 19.2. The van der Waals surface area contributed by atoms with Crippen molar-refractivity contribution in [2.24, 2.45) is 0 Å². The maximum atomic E-state index is 13.7. The normalized spacial score (nSPS) is 13.0. The van der Waals surface area contributed by atoms with E-state index in [2.05, 4.69) is 31.6 Å². The summed E-state index contributed by atoms with van der Waals surface area (Å²) < 4.78 is 30.3. The second-order valence-electron chi connectivity index (χ2n) is 7.27. The van der Waals surface area contributed by atoms with Gasteiger partial charge in [-0.3, -0.25) is 0 Å². The van der Waals surface area contributed by atoms with Gasteiger partial charge in [0.1, 0.15) is 18.2 Å². The Bertz CT molecular complexity index is 1350. The highest BCUT2D eigenvalue weighted by Gasteiger charge is 2.23. The molecule has 0 saturated heterocycles. The summed E-state index contributed by atoms with van der Waals surface area (Å²) in [6, 6.07) is 11.2. The number of nitrogens with zero attached hydrogens (tertiary/aromatic N) is 8.